The Labute approximate surface area is 211 Å². The molecule has 1 aromatic carbocycles. The van der Waals surface area contributed by atoms with E-state index in [2.05, 4.69) is 25.7 Å². The SMILES string of the molecule is CC(C)N1CC[C@@H](Nc2cccc3c(SC(F)(F)F)c(-c4noc([C@H]5COC(=O)N5)n4)sc23)[C@@H](F)C1. The Hall–Kier alpha value is -2.58. The minimum absolute atomic E-state index is 0.0227. The molecule has 0 spiro atoms. The fourth-order valence-corrected chi connectivity index (χ4v) is 6.43. The number of nitrogens with one attached hydrogen (secondary N) is 2. The number of nitrogens with zero attached hydrogens (tertiary/aromatic N) is 3. The van der Waals surface area contributed by atoms with E-state index in [1.165, 1.54) is 0 Å². The summed E-state index contributed by atoms with van der Waals surface area (Å²) in [5.41, 5.74) is -4.00. The molecule has 0 radical (unpaired) electrons. The number of carbonyl (C=O) groups is 1. The van der Waals surface area contributed by atoms with Gasteiger partial charge < -0.3 is 19.9 Å². The first kappa shape index (κ1) is 25.1. The summed E-state index contributed by atoms with van der Waals surface area (Å²) in [7, 11) is 0. The predicted octanol–water partition coefficient (Wildman–Crippen LogP) is 5.58. The topological polar surface area (TPSA) is 92.5 Å². The summed E-state index contributed by atoms with van der Waals surface area (Å²) in [4.78, 5) is 17.7. The molecule has 0 aliphatic carbocycles. The largest absolute Gasteiger partial charge is 0.447 e. The number of thioether (sulfide) groups is 1. The number of likely N-dealkylation sites (tertiary alicyclic amines) is 1. The average molecular weight is 546 g/mol. The highest BCUT2D eigenvalue weighted by atomic mass is 32.2. The van der Waals surface area contributed by atoms with Crippen molar-refractivity contribution in [3.05, 3.63) is 24.1 Å². The lowest BCUT2D eigenvalue weighted by molar-refractivity contribution is -0.0327. The number of fused-ring (bicyclic) bond motifs is 1. The minimum atomic E-state index is -4.56. The van der Waals surface area contributed by atoms with Crippen LogP contribution in [0.3, 0.4) is 0 Å². The molecule has 194 valence electrons. The van der Waals surface area contributed by atoms with Crippen LogP contribution in [-0.2, 0) is 4.74 Å². The zero-order chi connectivity index (χ0) is 25.6. The standard InChI is InChI=1S/C22H23F4N5O3S2/c1-10(2)31-7-6-13(12(23)8-31)27-14-5-3-4-11-16(14)35-18(17(11)36-22(24,25)26)19-29-20(34-30-19)15-9-33-21(32)28-15/h3-5,10,12-13,15,27H,6-9H2,1-2H3,(H,28,32)/t12-,13+,15+/m0/s1. The molecule has 1 amide bonds. The highest BCUT2D eigenvalue weighted by Gasteiger charge is 2.36. The number of thiophene rings is 1. The van der Waals surface area contributed by atoms with Gasteiger partial charge in [0.15, 0.2) is 0 Å². The van der Waals surface area contributed by atoms with Crippen molar-refractivity contribution in [3.63, 3.8) is 0 Å². The number of hydrogen-bond donors (Lipinski definition) is 2. The summed E-state index contributed by atoms with van der Waals surface area (Å²) in [6.07, 6.45) is -1.19. The van der Waals surface area contributed by atoms with Crippen LogP contribution in [0.1, 0.15) is 32.2 Å². The molecule has 36 heavy (non-hydrogen) atoms. The van der Waals surface area contributed by atoms with Crippen LogP contribution >= 0.6 is 23.1 Å². The summed E-state index contributed by atoms with van der Waals surface area (Å²) in [5, 5.41) is 9.96. The second-order valence-electron chi connectivity index (χ2n) is 8.89. The monoisotopic (exact) mass is 545 g/mol. The Kier molecular flexibility index (Phi) is 6.76. The van der Waals surface area contributed by atoms with Crippen molar-refractivity contribution in [1.82, 2.24) is 20.4 Å². The van der Waals surface area contributed by atoms with Gasteiger partial charge in [-0.2, -0.15) is 18.2 Å². The van der Waals surface area contributed by atoms with Crippen molar-refractivity contribution in [2.45, 2.75) is 55.0 Å². The molecule has 0 bridgehead atoms. The molecule has 3 atom stereocenters. The van der Waals surface area contributed by atoms with Gasteiger partial charge in [0, 0.05) is 29.4 Å². The highest BCUT2D eigenvalue weighted by molar-refractivity contribution is 8.00. The molecule has 14 heteroatoms. The maximum absolute atomic E-state index is 15.0. The van der Waals surface area contributed by atoms with E-state index >= 15 is 0 Å². The first-order valence-corrected chi connectivity index (χ1v) is 13.0. The van der Waals surface area contributed by atoms with Gasteiger partial charge in [0.2, 0.25) is 5.82 Å². The van der Waals surface area contributed by atoms with Crippen molar-refractivity contribution < 1.29 is 31.6 Å². The first-order valence-electron chi connectivity index (χ1n) is 11.3. The van der Waals surface area contributed by atoms with Crippen LogP contribution < -0.4 is 10.6 Å². The third-order valence-electron chi connectivity index (χ3n) is 6.15. The molecule has 2 aliphatic rings. The number of rotatable bonds is 6. The number of piperidine rings is 1. The van der Waals surface area contributed by atoms with Crippen LogP contribution in [0.25, 0.3) is 20.8 Å². The quantitative estimate of drug-likeness (QED) is 0.307. The molecular weight excluding hydrogens is 522 g/mol. The van der Waals surface area contributed by atoms with E-state index in [1.54, 1.807) is 18.2 Å². The lowest BCUT2D eigenvalue weighted by Gasteiger charge is -2.37. The van der Waals surface area contributed by atoms with Gasteiger partial charge >= 0.3 is 11.6 Å². The molecule has 2 saturated heterocycles. The summed E-state index contributed by atoms with van der Waals surface area (Å²) in [5.74, 6) is 0.00505. The number of amides is 1. The van der Waals surface area contributed by atoms with Crippen molar-refractivity contribution in [2.75, 3.05) is 25.0 Å². The number of halogens is 4. The summed E-state index contributed by atoms with van der Waals surface area (Å²) in [6, 6.07) is 4.07. The molecule has 3 aromatic rings. The Bertz CT molecular complexity index is 1260. The van der Waals surface area contributed by atoms with Crippen LogP contribution in [0.4, 0.5) is 28.0 Å². The average Bonchev–Trinajstić information content (AvgIpc) is 3.53. The minimum Gasteiger partial charge on any atom is -0.447 e. The number of aromatic nitrogens is 2. The van der Waals surface area contributed by atoms with Crippen LogP contribution in [-0.4, -0.2) is 64.6 Å². The molecule has 0 saturated carbocycles. The van der Waals surface area contributed by atoms with Crippen LogP contribution in [0.2, 0.25) is 0 Å². The lowest BCUT2D eigenvalue weighted by atomic mass is 10.0. The van der Waals surface area contributed by atoms with E-state index in [4.69, 9.17) is 9.26 Å². The van der Waals surface area contributed by atoms with Gasteiger partial charge in [0.25, 0.3) is 5.89 Å². The maximum Gasteiger partial charge on any atom is 0.446 e. The van der Waals surface area contributed by atoms with E-state index < -0.39 is 29.9 Å². The molecule has 5 rings (SSSR count). The van der Waals surface area contributed by atoms with Gasteiger partial charge in [0.05, 0.1) is 21.3 Å². The van der Waals surface area contributed by atoms with Crippen LogP contribution in [0, 0.1) is 0 Å². The summed E-state index contributed by atoms with van der Waals surface area (Å²) in [6.45, 7) is 5.04. The number of benzene rings is 1. The van der Waals surface area contributed by atoms with Gasteiger partial charge in [0.1, 0.15) is 18.8 Å². The molecule has 2 fully saturated rings. The predicted molar refractivity (Wildman–Crippen MR) is 128 cm³/mol. The Morgan fingerprint density at radius 2 is 2.14 bits per heavy atom. The number of carbonyl (C=O) groups excluding carboxylic acids is 1. The Morgan fingerprint density at radius 1 is 1.33 bits per heavy atom. The van der Waals surface area contributed by atoms with Crippen LogP contribution in [0.5, 0.6) is 0 Å². The number of alkyl carbamates (subject to hydrolysis) is 1. The Morgan fingerprint density at radius 3 is 2.81 bits per heavy atom. The van der Waals surface area contributed by atoms with Crippen molar-refractivity contribution in [2.24, 2.45) is 0 Å². The van der Waals surface area contributed by atoms with E-state index in [-0.39, 0.29) is 45.9 Å². The molecule has 2 aromatic heterocycles. The molecular formula is C22H23F4N5O3S2. The smallest absolute Gasteiger partial charge is 0.446 e. The fourth-order valence-electron chi connectivity index (χ4n) is 4.32. The maximum atomic E-state index is 15.0. The van der Waals surface area contributed by atoms with E-state index in [9.17, 15) is 22.4 Å². The van der Waals surface area contributed by atoms with Crippen molar-refractivity contribution >= 4 is 45.0 Å². The number of hydrogen-bond acceptors (Lipinski definition) is 9. The summed E-state index contributed by atoms with van der Waals surface area (Å²) >= 11 is 0.821. The lowest BCUT2D eigenvalue weighted by Crippen LogP contribution is -2.50. The molecule has 8 nitrogen and oxygen atoms in total. The van der Waals surface area contributed by atoms with Crippen molar-refractivity contribution in [1.29, 1.82) is 0 Å². The van der Waals surface area contributed by atoms with Gasteiger partial charge in [-0.3, -0.25) is 4.90 Å². The van der Waals surface area contributed by atoms with E-state index in [0.717, 1.165) is 17.9 Å². The molecule has 4 heterocycles. The van der Waals surface area contributed by atoms with E-state index in [0.29, 0.717) is 28.7 Å². The fraction of sp³-hybridized carbons (Fsp3) is 0.500. The highest BCUT2D eigenvalue weighted by Crippen LogP contribution is 2.50. The second kappa shape index (κ2) is 9.71. The molecule has 2 N–H and O–H groups in total. The number of alkyl halides is 4. The Balaban J connectivity index is 1.49. The van der Waals surface area contributed by atoms with Gasteiger partial charge in [-0.25, -0.2) is 9.18 Å². The third-order valence-corrected chi connectivity index (χ3v) is 8.37. The van der Waals surface area contributed by atoms with Gasteiger partial charge in [-0.15, -0.1) is 11.3 Å². The normalized spacial score (nSPS) is 23.3. The van der Waals surface area contributed by atoms with Gasteiger partial charge in [-0.05, 0) is 38.1 Å². The first-order chi connectivity index (χ1) is 17.1. The number of ether oxygens (including phenoxy) is 1. The molecule has 2 aliphatic heterocycles. The second-order valence-corrected chi connectivity index (χ2v) is 11.0. The van der Waals surface area contributed by atoms with E-state index in [1.807, 2.05) is 13.8 Å². The number of anilines is 1. The van der Waals surface area contributed by atoms with Crippen molar-refractivity contribution in [3.8, 4) is 10.7 Å². The zero-order valence-electron chi connectivity index (χ0n) is 19.3. The number of cyclic esters (lactones) is 1. The molecule has 0 unspecified atom stereocenters. The zero-order valence-corrected chi connectivity index (χ0v) is 20.9. The van der Waals surface area contributed by atoms with Gasteiger partial charge in [-0.1, -0.05) is 17.3 Å². The van der Waals surface area contributed by atoms with Crippen LogP contribution in [0.15, 0.2) is 27.6 Å². The third kappa shape index (κ3) is 5.11. The summed E-state index contributed by atoms with van der Waals surface area (Å²) < 4.78 is 66.1.